The molecule has 0 spiro atoms. The molecular formula is C14H11F2N3O2. The molecule has 0 aliphatic carbocycles. The van der Waals surface area contributed by atoms with Crippen molar-refractivity contribution in [3.05, 3.63) is 41.9 Å². The fourth-order valence-electron chi connectivity index (χ4n) is 1.69. The molecule has 1 aromatic heterocycles. The molecule has 0 atom stereocenters. The van der Waals surface area contributed by atoms with Gasteiger partial charge in [-0.25, -0.2) is 13.8 Å². The number of nitrogens with one attached hydrogen (secondary N) is 1. The maximum atomic E-state index is 13.6. The van der Waals surface area contributed by atoms with Crippen molar-refractivity contribution in [2.24, 2.45) is 0 Å². The lowest BCUT2D eigenvalue weighted by Crippen LogP contribution is -2.23. The smallest absolute Gasteiger partial charge is 0.221 e. The second-order valence-corrected chi connectivity index (χ2v) is 4.18. The summed E-state index contributed by atoms with van der Waals surface area (Å²) in [5.74, 6) is -1.29. The van der Waals surface area contributed by atoms with E-state index in [2.05, 4.69) is 10.3 Å². The number of aromatic nitrogens is 1. The van der Waals surface area contributed by atoms with Crippen LogP contribution in [-0.2, 0) is 11.2 Å². The minimum atomic E-state index is -0.746. The predicted octanol–water partition coefficient (Wildman–Crippen LogP) is 2.19. The number of hydrogen-bond donors (Lipinski definition) is 1. The van der Waals surface area contributed by atoms with Crippen molar-refractivity contribution < 1.29 is 18.0 Å². The van der Waals surface area contributed by atoms with Gasteiger partial charge < -0.3 is 9.73 Å². The molecule has 5 nitrogen and oxygen atoms in total. The highest BCUT2D eigenvalue weighted by molar-refractivity contribution is 5.76. The van der Waals surface area contributed by atoms with Crippen LogP contribution in [0.15, 0.2) is 28.8 Å². The lowest BCUT2D eigenvalue weighted by Gasteiger charge is -1.99. The molecule has 7 heteroatoms. The summed E-state index contributed by atoms with van der Waals surface area (Å²) in [6, 6.07) is 4.93. The van der Waals surface area contributed by atoms with Gasteiger partial charge >= 0.3 is 0 Å². The molecule has 1 N–H and O–H groups in total. The minimum absolute atomic E-state index is 0.0591. The van der Waals surface area contributed by atoms with E-state index in [0.29, 0.717) is 0 Å². The van der Waals surface area contributed by atoms with Crippen LogP contribution in [0, 0.1) is 23.0 Å². The molecule has 0 aliphatic rings. The van der Waals surface area contributed by atoms with Crippen molar-refractivity contribution in [3.63, 3.8) is 0 Å². The Morgan fingerprint density at radius 2 is 2.24 bits per heavy atom. The summed E-state index contributed by atoms with van der Waals surface area (Å²) < 4.78 is 31.7. The van der Waals surface area contributed by atoms with Gasteiger partial charge in [-0.2, -0.15) is 5.26 Å². The number of aryl methyl sites for hydroxylation is 1. The van der Waals surface area contributed by atoms with E-state index in [4.69, 9.17) is 9.68 Å². The number of nitrogens with zero attached hydrogens (tertiary/aromatic N) is 2. The van der Waals surface area contributed by atoms with E-state index in [1.807, 2.05) is 0 Å². The number of carbonyl (C=O) groups is 1. The van der Waals surface area contributed by atoms with Gasteiger partial charge in [-0.15, -0.1) is 0 Å². The zero-order chi connectivity index (χ0) is 15.2. The first-order chi connectivity index (χ1) is 10.1. The summed E-state index contributed by atoms with van der Waals surface area (Å²) in [5.41, 5.74) is 0.101. The molecule has 0 saturated heterocycles. The Bertz CT molecular complexity index is 692. The molecule has 0 fully saturated rings. The summed E-state index contributed by atoms with van der Waals surface area (Å²) in [6.07, 6.45) is 1.65. The zero-order valence-corrected chi connectivity index (χ0v) is 10.9. The van der Waals surface area contributed by atoms with Gasteiger partial charge in [0.25, 0.3) is 0 Å². The topological polar surface area (TPSA) is 78.9 Å². The highest BCUT2D eigenvalue weighted by atomic mass is 19.1. The van der Waals surface area contributed by atoms with Crippen LogP contribution in [0.2, 0.25) is 0 Å². The minimum Gasteiger partial charge on any atom is -0.441 e. The standard InChI is InChI=1S/C14H11F2N3O2/c15-9-1-2-10(11(16)7-9)12-8-19-14(21-12)4-3-13(20)18-6-5-17/h1-2,7-8H,3-4,6H2,(H,18,20). The van der Waals surface area contributed by atoms with E-state index in [-0.39, 0.29) is 42.5 Å². The third-order valence-electron chi connectivity index (χ3n) is 2.68. The van der Waals surface area contributed by atoms with Crippen LogP contribution in [0.5, 0.6) is 0 Å². The van der Waals surface area contributed by atoms with Gasteiger partial charge in [0.1, 0.15) is 18.2 Å². The van der Waals surface area contributed by atoms with Crippen LogP contribution < -0.4 is 5.32 Å². The van der Waals surface area contributed by atoms with Crippen molar-refractivity contribution in [1.29, 1.82) is 5.26 Å². The molecule has 0 unspecified atom stereocenters. The molecule has 1 amide bonds. The van der Waals surface area contributed by atoms with Gasteiger partial charge in [-0.1, -0.05) is 0 Å². The van der Waals surface area contributed by atoms with Crippen LogP contribution in [0.25, 0.3) is 11.3 Å². The lowest BCUT2D eigenvalue weighted by atomic mass is 10.2. The number of halogens is 2. The van der Waals surface area contributed by atoms with E-state index in [0.717, 1.165) is 12.1 Å². The maximum Gasteiger partial charge on any atom is 0.221 e. The number of carbonyl (C=O) groups excluding carboxylic acids is 1. The number of benzene rings is 1. The molecule has 21 heavy (non-hydrogen) atoms. The van der Waals surface area contributed by atoms with Gasteiger partial charge in [0.05, 0.1) is 17.8 Å². The molecule has 0 aliphatic heterocycles. The number of amides is 1. The predicted molar refractivity (Wildman–Crippen MR) is 68.8 cm³/mol. The molecule has 0 bridgehead atoms. The quantitative estimate of drug-likeness (QED) is 0.856. The third kappa shape index (κ3) is 3.86. The Morgan fingerprint density at radius 1 is 1.43 bits per heavy atom. The fourth-order valence-corrected chi connectivity index (χ4v) is 1.69. The number of rotatable bonds is 5. The molecule has 1 aromatic carbocycles. The number of nitriles is 1. The second kappa shape index (κ2) is 6.61. The van der Waals surface area contributed by atoms with Crippen molar-refractivity contribution in [3.8, 4) is 17.4 Å². The highest BCUT2D eigenvalue weighted by Crippen LogP contribution is 2.24. The van der Waals surface area contributed by atoms with Crippen LogP contribution in [0.1, 0.15) is 12.3 Å². The number of oxazole rings is 1. The molecule has 0 radical (unpaired) electrons. The van der Waals surface area contributed by atoms with Gasteiger partial charge in [0, 0.05) is 18.9 Å². The molecule has 2 aromatic rings. The Balaban J connectivity index is 2.01. The van der Waals surface area contributed by atoms with E-state index >= 15 is 0 Å². The molecule has 108 valence electrons. The third-order valence-corrected chi connectivity index (χ3v) is 2.68. The van der Waals surface area contributed by atoms with Crippen LogP contribution >= 0.6 is 0 Å². The SMILES string of the molecule is N#CCNC(=O)CCc1ncc(-c2ccc(F)cc2F)o1. The first kappa shape index (κ1) is 14.7. The Hall–Kier alpha value is -2.75. The largest absolute Gasteiger partial charge is 0.441 e. The Morgan fingerprint density at radius 3 is 2.95 bits per heavy atom. The molecule has 0 saturated carbocycles. The highest BCUT2D eigenvalue weighted by Gasteiger charge is 2.12. The van der Waals surface area contributed by atoms with Crippen LogP contribution in [0.3, 0.4) is 0 Å². The van der Waals surface area contributed by atoms with E-state index in [9.17, 15) is 13.6 Å². The normalized spacial score (nSPS) is 10.1. The monoisotopic (exact) mass is 291 g/mol. The summed E-state index contributed by atoms with van der Waals surface area (Å²) >= 11 is 0. The van der Waals surface area contributed by atoms with Crippen molar-refractivity contribution >= 4 is 5.91 Å². The lowest BCUT2D eigenvalue weighted by molar-refractivity contribution is -0.120. The summed E-state index contributed by atoms with van der Waals surface area (Å²) in [4.78, 5) is 15.2. The first-order valence-electron chi connectivity index (χ1n) is 6.14. The average molecular weight is 291 g/mol. The van der Waals surface area contributed by atoms with Gasteiger partial charge in [-0.3, -0.25) is 4.79 Å². The van der Waals surface area contributed by atoms with E-state index in [1.54, 1.807) is 6.07 Å². The van der Waals surface area contributed by atoms with E-state index in [1.165, 1.54) is 12.3 Å². The average Bonchev–Trinajstić information content (AvgIpc) is 2.91. The molecule has 2 rings (SSSR count). The zero-order valence-electron chi connectivity index (χ0n) is 10.9. The van der Waals surface area contributed by atoms with Crippen LogP contribution in [-0.4, -0.2) is 17.4 Å². The van der Waals surface area contributed by atoms with Crippen molar-refractivity contribution in [2.45, 2.75) is 12.8 Å². The first-order valence-corrected chi connectivity index (χ1v) is 6.14. The summed E-state index contributed by atoms with van der Waals surface area (Å²) in [5, 5.41) is 10.7. The molecule has 1 heterocycles. The van der Waals surface area contributed by atoms with Gasteiger partial charge in [-0.05, 0) is 12.1 Å². The van der Waals surface area contributed by atoms with E-state index < -0.39 is 11.6 Å². The van der Waals surface area contributed by atoms with Crippen molar-refractivity contribution in [1.82, 2.24) is 10.3 Å². The fraction of sp³-hybridized carbons (Fsp3) is 0.214. The second-order valence-electron chi connectivity index (χ2n) is 4.18. The number of hydrogen-bond acceptors (Lipinski definition) is 4. The summed E-state index contributed by atoms with van der Waals surface area (Å²) in [6.45, 7) is -0.0591. The summed E-state index contributed by atoms with van der Waals surface area (Å²) in [7, 11) is 0. The Labute approximate surface area is 119 Å². The Kier molecular flexibility index (Phi) is 4.61. The maximum absolute atomic E-state index is 13.6. The van der Waals surface area contributed by atoms with Gasteiger partial charge in [0.15, 0.2) is 11.7 Å². The van der Waals surface area contributed by atoms with Crippen LogP contribution in [0.4, 0.5) is 8.78 Å². The van der Waals surface area contributed by atoms with Gasteiger partial charge in [0.2, 0.25) is 5.91 Å². The molecular weight excluding hydrogens is 280 g/mol. The van der Waals surface area contributed by atoms with Crippen molar-refractivity contribution in [2.75, 3.05) is 6.54 Å².